The maximum Gasteiger partial charge on any atom is 0.135 e. The molecule has 0 N–H and O–H groups in total. The van der Waals surface area contributed by atoms with E-state index in [2.05, 4.69) is 153 Å². The lowest BCUT2D eigenvalue weighted by atomic mass is 9.61. The standard InChI is InChI=1S/C70H78N4O4P2/c1-4-17-39(18-5-1)72-50-26-14-25-49-65(50)79-66-51(71(49)42-33-34-56-45(35-42)43-23-10-12-29-54(43)75-56)27-15-31-57(66)76-59-38-47-46(61(72)69(59)79)37-60-70-62(47)74(41-21-8-3-9-22-41)53-36-48-44-24-11-13-30-55(44)78-64(48)63-68(53)80(70)67-52(28-16-32-58(67)77-60)73(63)40-19-6-2-7-20-40/h1-10,12,17-23,29,33-35,44,46-53,55,57-70H,11,13-16,24-28,30-32,36-38H2. The van der Waals surface area contributed by atoms with Gasteiger partial charge in [-0.2, -0.15) is 0 Å². The van der Waals surface area contributed by atoms with Crippen LogP contribution >= 0.6 is 15.8 Å². The minimum absolute atomic E-state index is 0.294. The third-order valence-electron chi connectivity index (χ3n) is 25.2. The van der Waals surface area contributed by atoms with E-state index in [0.717, 1.165) is 11.2 Å². The van der Waals surface area contributed by atoms with Crippen molar-refractivity contribution in [1.82, 2.24) is 0 Å². The van der Waals surface area contributed by atoms with Gasteiger partial charge in [0.15, 0.2) is 0 Å². The van der Waals surface area contributed by atoms with Crippen molar-refractivity contribution in [2.24, 2.45) is 23.7 Å². The van der Waals surface area contributed by atoms with Crippen molar-refractivity contribution >= 4 is 60.5 Å². The molecule has 14 fully saturated rings. The summed E-state index contributed by atoms with van der Waals surface area (Å²) in [7, 11) is -0.758. The lowest BCUT2D eigenvalue weighted by molar-refractivity contribution is -0.126. The topological polar surface area (TPSA) is 53.8 Å². The second-order valence-corrected chi connectivity index (χ2v) is 33.4. The van der Waals surface area contributed by atoms with Crippen LogP contribution in [0.3, 0.4) is 0 Å². The molecular weight excluding hydrogens is 1020 g/mol. The monoisotopic (exact) mass is 1100 g/mol. The first kappa shape index (κ1) is 47.2. The third kappa shape index (κ3) is 6.33. The molecule has 26 unspecified atom stereocenters. The SMILES string of the molecule is c1ccc(N2C3CCCC4C3P3C5C(CCCC5N4c4ccc5oc6ccccc6c5c4)OC4CC5C(CC6OC7CCCC8C7P7C6C5N(c5ccccc5)C5CC6C9CCCCC9OC6C(C57)N8c5ccccc5)C2C43)cc1. The Balaban J connectivity index is 0.761. The van der Waals surface area contributed by atoms with Crippen molar-refractivity contribution < 1.29 is 18.6 Å². The summed E-state index contributed by atoms with van der Waals surface area (Å²) in [5, 5.41) is 2.52. The number of benzene rings is 5. The van der Waals surface area contributed by atoms with Crippen molar-refractivity contribution in [2.75, 3.05) is 19.6 Å². The summed E-state index contributed by atoms with van der Waals surface area (Å²) in [6.07, 6.45) is 22.6. The van der Waals surface area contributed by atoms with Gasteiger partial charge in [0.1, 0.15) is 11.2 Å². The van der Waals surface area contributed by atoms with Gasteiger partial charge < -0.3 is 38.2 Å². The molecule has 7 saturated carbocycles. The fourth-order valence-corrected chi connectivity index (χ4v) is 33.5. The Kier molecular flexibility index (Phi) is 10.4. The number of ether oxygens (including phenoxy) is 3. The molecule has 10 heteroatoms. The van der Waals surface area contributed by atoms with Gasteiger partial charge in [0.05, 0.1) is 42.7 Å². The summed E-state index contributed by atoms with van der Waals surface area (Å²) in [6, 6.07) is 56.0. The zero-order chi connectivity index (χ0) is 51.6. The highest BCUT2D eigenvalue weighted by atomic mass is 31.1. The minimum atomic E-state index is -0.404. The zero-order valence-electron chi connectivity index (χ0n) is 46.2. The molecule has 412 valence electrons. The van der Waals surface area contributed by atoms with E-state index in [9.17, 15) is 0 Å². The Labute approximate surface area is 475 Å². The van der Waals surface area contributed by atoms with Crippen LogP contribution in [0.2, 0.25) is 0 Å². The largest absolute Gasteiger partial charge is 0.456 e. The lowest BCUT2D eigenvalue weighted by Gasteiger charge is -2.77. The molecule has 0 spiro atoms. The Morgan fingerprint density at radius 1 is 0.325 bits per heavy atom. The van der Waals surface area contributed by atoms with E-state index in [-0.39, 0.29) is 7.92 Å². The summed E-state index contributed by atoms with van der Waals surface area (Å²) < 4.78 is 30.7. The van der Waals surface area contributed by atoms with Gasteiger partial charge in [0.25, 0.3) is 0 Å². The second-order valence-electron chi connectivity index (χ2n) is 28.1. The molecular formula is C70H78N4O4P2. The predicted octanol–water partition coefficient (Wildman–Crippen LogP) is 14.2. The number of nitrogens with zero attached hydrogens (tertiary/aromatic N) is 4. The average molecular weight is 1100 g/mol. The Morgan fingerprint density at radius 3 is 1.50 bits per heavy atom. The van der Waals surface area contributed by atoms with Crippen LogP contribution in [0, 0.1) is 23.7 Å². The van der Waals surface area contributed by atoms with E-state index in [1.807, 2.05) is 0 Å². The minimum Gasteiger partial charge on any atom is -0.456 e. The van der Waals surface area contributed by atoms with Crippen LogP contribution in [-0.2, 0) is 14.2 Å². The summed E-state index contributed by atoms with van der Waals surface area (Å²) in [4.78, 5) is 12.6. The van der Waals surface area contributed by atoms with Crippen LogP contribution in [0.5, 0.6) is 0 Å². The maximum atomic E-state index is 8.23. The second kappa shape index (κ2) is 17.7. The molecule has 7 aliphatic heterocycles. The third-order valence-corrected chi connectivity index (χ3v) is 33.3. The number of rotatable bonds is 4. The molecule has 14 aliphatic rings. The summed E-state index contributed by atoms with van der Waals surface area (Å²) in [5.41, 5.74) is 11.5. The molecule has 7 aliphatic carbocycles. The van der Waals surface area contributed by atoms with Crippen molar-refractivity contribution in [1.29, 1.82) is 0 Å². The number of hydrogen-bond donors (Lipinski definition) is 0. The maximum absolute atomic E-state index is 8.23. The molecule has 1 aromatic heterocycles. The summed E-state index contributed by atoms with van der Waals surface area (Å²) in [5.74, 6) is 2.38. The highest BCUT2D eigenvalue weighted by Gasteiger charge is 2.76. The molecule has 5 aromatic carbocycles. The number of hydrogen-bond acceptors (Lipinski definition) is 8. The smallest absolute Gasteiger partial charge is 0.135 e. The van der Waals surface area contributed by atoms with Crippen molar-refractivity contribution in [3.8, 4) is 0 Å². The molecule has 26 atom stereocenters. The first-order valence-electron chi connectivity index (χ1n) is 32.4. The molecule has 8 nitrogen and oxygen atoms in total. The fourth-order valence-electron chi connectivity index (χ4n) is 23.2. The summed E-state index contributed by atoms with van der Waals surface area (Å²) in [6.45, 7) is 0. The number of para-hydroxylation sites is 4. The number of anilines is 4. The molecule has 0 amide bonds. The molecule has 6 aromatic rings. The van der Waals surface area contributed by atoms with Gasteiger partial charge in [0.2, 0.25) is 0 Å². The Bertz CT molecular complexity index is 3370. The fraction of sp³-hybridized carbons (Fsp3) is 0.571. The van der Waals surface area contributed by atoms with Crippen molar-refractivity contribution in [2.45, 2.75) is 222 Å². The molecule has 20 rings (SSSR count). The zero-order valence-corrected chi connectivity index (χ0v) is 48.0. The van der Waals surface area contributed by atoms with E-state index >= 15 is 0 Å². The van der Waals surface area contributed by atoms with Crippen LogP contribution in [0.25, 0.3) is 21.9 Å². The van der Waals surface area contributed by atoms with Crippen LogP contribution < -0.4 is 19.6 Å². The van der Waals surface area contributed by atoms with E-state index in [1.165, 1.54) is 136 Å². The van der Waals surface area contributed by atoms with Crippen molar-refractivity contribution in [3.05, 3.63) is 133 Å². The quantitative estimate of drug-likeness (QED) is 0.162. The highest BCUT2D eigenvalue weighted by molar-refractivity contribution is 7.61. The number of furan rings is 1. The van der Waals surface area contributed by atoms with Crippen LogP contribution in [0.4, 0.5) is 22.7 Å². The Hall–Kier alpha value is -4.16. The van der Waals surface area contributed by atoms with Gasteiger partial charge in [-0.05, 0) is 174 Å². The van der Waals surface area contributed by atoms with Gasteiger partial charge >= 0.3 is 0 Å². The van der Waals surface area contributed by atoms with Gasteiger partial charge in [-0.1, -0.05) is 101 Å². The molecule has 0 radical (unpaired) electrons. The van der Waals surface area contributed by atoms with Crippen LogP contribution in [-0.4, -0.2) is 119 Å². The first-order valence-corrected chi connectivity index (χ1v) is 35.5. The van der Waals surface area contributed by atoms with E-state index in [0.29, 0.717) is 143 Å². The molecule has 7 saturated heterocycles. The normalized spacial score (nSPS) is 46.7. The average Bonchev–Trinajstić information content (AvgIpc) is 1.46. The Morgan fingerprint density at radius 2 is 0.838 bits per heavy atom. The van der Waals surface area contributed by atoms with E-state index < -0.39 is 7.92 Å². The van der Waals surface area contributed by atoms with E-state index in [1.54, 1.807) is 0 Å². The molecule has 8 heterocycles. The first-order chi connectivity index (χ1) is 39.7. The summed E-state index contributed by atoms with van der Waals surface area (Å²) >= 11 is 0. The van der Waals surface area contributed by atoms with Crippen LogP contribution in [0.15, 0.2) is 138 Å². The molecule has 0 bridgehead atoms. The highest BCUT2D eigenvalue weighted by Crippen LogP contribution is 2.78. The predicted molar refractivity (Wildman–Crippen MR) is 324 cm³/mol. The number of fused-ring (bicyclic) bond motifs is 10. The van der Waals surface area contributed by atoms with Gasteiger partial charge in [-0.25, -0.2) is 0 Å². The lowest BCUT2D eigenvalue weighted by Crippen LogP contribution is -2.83. The van der Waals surface area contributed by atoms with Crippen molar-refractivity contribution in [3.63, 3.8) is 0 Å². The van der Waals surface area contributed by atoms with E-state index in [4.69, 9.17) is 18.6 Å². The molecule has 80 heavy (non-hydrogen) atoms. The van der Waals surface area contributed by atoms with Gasteiger partial charge in [-0.15, -0.1) is 0 Å². The van der Waals surface area contributed by atoms with Crippen LogP contribution in [0.1, 0.15) is 103 Å². The van der Waals surface area contributed by atoms with Gasteiger partial charge in [-0.3, -0.25) is 0 Å². The van der Waals surface area contributed by atoms with Gasteiger partial charge in [0, 0.05) is 110 Å².